The Morgan fingerprint density at radius 3 is 2.16 bits per heavy atom. The summed E-state index contributed by atoms with van der Waals surface area (Å²) >= 11 is 0. The van der Waals surface area contributed by atoms with Gasteiger partial charge < -0.3 is 16.4 Å². The van der Waals surface area contributed by atoms with Crippen LogP contribution >= 0.6 is 0 Å². The molecule has 2 atom stereocenters. The zero-order valence-corrected chi connectivity index (χ0v) is 11.5. The minimum absolute atomic E-state index is 0.0483. The van der Waals surface area contributed by atoms with E-state index in [1.807, 2.05) is 0 Å². The number of nitrogens with two attached hydrogens (primary N) is 2. The molecule has 0 bridgehead atoms. The van der Waals surface area contributed by atoms with Gasteiger partial charge in [-0.15, -0.1) is 0 Å². The molecule has 2 aliphatic carbocycles. The van der Waals surface area contributed by atoms with Crippen LogP contribution < -0.4 is 11.5 Å². The fourth-order valence-corrected chi connectivity index (χ4v) is 3.45. The standard InChI is InChI=1S/C14H25N3O2/c15-12-8-4-3-7-11(12)14(19)17(9-13(16)18)10-5-1-2-6-10/h10-12H,1-9,15H2,(H2,16,18). The van der Waals surface area contributed by atoms with Crippen molar-refractivity contribution in [1.82, 2.24) is 4.90 Å². The van der Waals surface area contributed by atoms with Crippen molar-refractivity contribution in [3.63, 3.8) is 0 Å². The van der Waals surface area contributed by atoms with Gasteiger partial charge in [0, 0.05) is 12.1 Å². The highest BCUT2D eigenvalue weighted by molar-refractivity contribution is 5.85. The first-order chi connectivity index (χ1) is 9.09. The van der Waals surface area contributed by atoms with Crippen LogP contribution in [-0.2, 0) is 9.59 Å². The molecular weight excluding hydrogens is 242 g/mol. The van der Waals surface area contributed by atoms with E-state index in [1.54, 1.807) is 4.90 Å². The van der Waals surface area contributed by atoms with Gasteiger partial charge in [0.2, 0.25) is 11.8 Å². The van der Waals surface area contributed by atoms with E-state index in [0.29, 0.717) is 0 Å². The van der Waals surface area contributed by atoms with Gasteiger partial charge in [-0.3, -0.25) is 9.59 Å². The summed E-state index contributed by atoms with van der Waals surface area (Å²) in [6.45, 7) is 0.0483. The Kier molecular flexibility index (Phi) is 4.80. The molecule has 2 amide bonds. The van der Waals surface area contributed by atoms with E-state index in [-0.39, 0.29) is 30.5 Å². The topological polar surface area (TPSA) is 89.4 Å². The van der Waals surface area contributed by atoms with Gasteiger partial charge in [0.1, 0.15) is 0 Å². The molecule has 2 fully saturated rings. The molecule has 0 aromatic rings. The first kappa shape index (κ1) is 14.3. The monoisotopic (exact) mass is 267 g/mol. The van der Waals surface area contributed by atoms with E-state index in [1.165, 1.54) is 0 Å². The van der Waals surface area contributed by atoms with Crippen LogP contribution in [0.1, 0.15) is 51.4 Å². The van der Waals surface area contributed by atoms with Crippen molar-refractivity contribution in [2.45, 2.75) is 63.5 Å². The van der Waals surface area contributed by atoms with Gasteiger partial charge in [-0.2, -0.15) is 0 Å². The normalized spacial score (nSPS) is 28.3. The number of hydrogen-bond donors (Lipinski definition) is 2. The van der Waals surface area contributed by atoms with Crippen molar-refractivity contribution in [2.24, 2.45) is 17.4 Å². The second-order valence-corrected chi connectivity index (χ2v) is 5.93. The molecule has 2 unspecified atom stereocenters. The van der Waals surface area contributed by atoms with Gasteiger partial charge in [-0.1, -0.05) is 25.7 Å². The molecule has 0 radical (unpaired) electrons. The van der Waals surface area contributed by atoms with Gasteiger partial charge in [0.25, 0.3) is 0 Å². The van der Waals surface area contributed by atoms with Crippen molar-refractivity contribution >= 4 is 11.8 Å². The van der Waals surface area contributed by atoms with E-state index < -0.39 is 5.91 Å². The number of primary amides is 1. The SMILES string of the molecule is NC(=O)CN(C(=O)C1CCCCC1N)C1CCCC1. The minimum Gasteiger partial charge on any atom is -0.368 e. The Morgan fingerprint density at radius 2 is 1.58 bits per heavy atom. The van der Waals surface area contributed by atoms with Crippen molar-refractivity contribution in [3.05, 3.63) is 0 Å². The lowest BCUT2D eigenvalue weighted by Crippen LogP contribution is -2.51. The van der Waals surface area contributed by atoms with E-state index in [2.05, 4.69) is 0 Å². The molecule has 0 heterocycles. The predicted octanol–water partition coefficient (Wildman–Crippen LogP) is 0.760. The third-order valence-corrected chi connectivity index (χ3v) is 4.51. The first-order valence-electron chi connectivity index (χ1n) is 7.44. The summed E-state index contributed by atoms with van der Waals surface area (Å²) in [5, 5.41) is 0. The molecule has 5 heteroatoms. The molecular formula is C14H25N3O2. The molecule has 0 aliphatic heterocycles. The molecule has 0 aromatic carbocycles. The molecule has 0 spiro atoms. The quantitative estimate of drug-likeness (QED) is 0.788. The molecule has 19 heavy (non-hydrogen) atoms. The lowest BCUT2D eigenvalue weighted by Gasteiger charge is -2.35. The molecule has 108 valence electrons. The third-order valence-electron chi connectivity index (χ3n) is 4.51. The summed E-state index contributed by atoms with van der Waals surface area (Å²) in [5.74, 6) is -0.490. The van der Waals surface area contributed by atoms with Crippen LogP contribution in [0.4, 0.5) is 0 Å². The van der Waals surface area contributed by atoms with Crippen LogP contribution in [0.5, 0.6) is 0 Å². The molecule has 4 N–H and O–H groups in total. The van der Waals surface area contributed by atoms with Gasteiger partial charge in [0.05, 0.1) is 12.5 Å². The first-order valence-corrected chi connectivity index (χ1v) is 7.44. The van der Waals surface area contributed by atoms with Crippen LogP contribution in [0.3, 0.4) is 0 Å². The van der Waals surface area contributed by atoms with Crippen LogP contribution in [0.25, 0.3) is 0 Å². The Bertz CT molecular complexity index is 340. The number of nitrogens with zero attached hydrogens (tertiary/aromatic N) is 1. The van der Waals surface area contributed by atoms with Crippen molar-refractivity contribution in [3.8, 4) is 0 Å². The maximum atomic E-state index is 12.7. The van der Waals surface area contributed by atoms with Crippen LogP contribution in [0, 0.1) is 5.92 Å². The van der Waals surface area contributed by atoms with Gasteiger partial charge in [-0.25, -0.2) is 0 Å². The number of rotatable bonds is 4. The molecule has 2 saturated carbocycles. The molecule has 0 aromatic heterocycles. The highest BCUT2D eigenvalue weighted by Crippen LogP contribution is 2.29. The molecule has 2 aliphatic rings. The minimum atomic E-state index is -0.426. The Balaban J connectivity index is 2.07. The fourth-order valence-electron chi connectivity index (χ4n) is 3.45. The highest BCUT2D eigenvalue weighted by Gasteiger charge is 2.35. The fraction of sp³-hybridized carbons (Fsp3) is 0.857. The van der Waals surface area contributed by atoms with Gasteiger partial charge >= 0.3 is 0 Å². The Morgan fingerprint density at radius 1 is 1.00 bits per heavy atom. The van der Waals surface area contributed by atoms with Crippen molar-refractivity contribution in [2.75, 3.05) is 6.54 Å². The van der Waals surface area contributed by atoms with Crippen LogP contribution in [-0.4, -0.2) is 35.3 Å². The number of carbonyl (C=O) groups is 2. The molecule has 2 rings (SSSR count). The maximum absolute atomic E-state index is 12.7. The third kappa shape index (κ3) is 3.47. The highest BCUT2D eigenvalue weighted by atomic mass is 16.2. The van der Waals surface area contributed by atoms with Crippen molar-refractivity contribution in [1.29, 1.82) is 0 Å². The number of amides is 2. The number of carbonyl (C=O) groups excluding carboxylic acids is 2. The summed E-state index contributed by atoms with van der Waals surface area (Å²) in [6, 6.07) is 0.132. The summed E-state index contributed by atoms with van der Waals surface area (Å²) in [5.41, 5.74) is 11.4. The lowest BCUT2D eigenvalue weighted by molar-refractivity contribution is -0.142. The van der Waals surface area contributed by atoms with Crippen LogP contribution in [0.2, 0.25) is 0 Å². The number of hydrogen-bond acceptors (Lipinski definition) is 3. The van der Waals surface area contributed by atoms with Gasteiger partial charge in [-0.05, 0) is 25.7 Å². The van der Waals surface area contributed by atoms with Crippen LogP contribution in [0.15, 0.2) is 0 Å². The maximum Gasteiger partial charge on any atom is 0.237 e. The van der Waals surface area contributed by atoms with Crippen molar-refractivity contribution < 1.29 is 9.59 Å². The summed E-state index contributed by atoms with van der Waals surface area (Å²) in [6.07, 6.45) is 8.15. The Labute approximate surface area is 114 Å². The second-order valence-electron chi connectivity index (χ2n) is 5.93. The van der Waals surface area contributed by atoms with E-state index >= 15 is 0 Å². The molecule has 0 saturated heterocycles. The average Bonchev–Trinajstić information content (AvgIpc) is 2.89. The Hall–Kier alpha value is -1.10. The van der Waals surface area contributed by atoms with E-state index in [0.717, 1.165) is 51.4 Å². The molecule has 5 nitrogen and oxygen atoms in total. The summed E-state index contributed by atoms with van der Waals surface area (Å²) < 4.78 is 0. The van der Waals surface area contributed by atoms with Gasteiger partial charge in [0.15, 0.2) is 0 Å². The van der Waals surface area contributed by atoms with E-state index in [4.69, 9.17) is 11.5 Å². The summed E-state index contributed by atoms with van der Waals surface area (Å²) in [7, 11) is 0. The zero-order chi connectivity index (χ0) is 13.8. The largest absolute Gasteiger partial charge is 0.368 e. The van der Waals surface area contributed by atoms with E-state index in [9.17, 15) is 9.59 Å². The lowest BCUT2D eigenvalue weighted by atomic mass is 9.84. The smallest absolute Gasteiger partial charge is 0.237 e. The predicted molar refractivity (Wildman–Crippen MR) is 73.1 cm³/mol. The zero-order valence-electron chi connectivity index (χ0n) is 11.5. The second kappa shape index (κ2) is 6.37. The average molecular weight is 267 g/mol. The summed E-state index contributed by atoms with van der Waals surface area (Å²) in [4.78, 5) is 25.6.